The number of benzene rings is 1. The van der Waals surface area contributed by atoms with Crippen molar-refractivity contribution in [3.63, 3.8) is 0 Å². The van der Waals surface area contributed by atoms with Gasteiger partial charge >= 0.3 is 6.09 Å². The molecule has 0 unspecified atom stereocenters. The summed E-state index contributed by atoms with van der Waals surface area (Å²) < 4.78 is 5.37. The first-order valence-corrected chi connectivity index (χ1v) is 9.47. The number of nitrogens with zero attached hydrogens (tertiary/aromatic N) is 2. The van der Waals surface area contributed by atoms with Gasteiger partial charge in [0.2, 0.25) is 0 Å². The molecule has 1 aromatic rings. The Morgan fingerprint density at radius 2 is 1.93 bits per heavy atom. The first-order chi connectivity index (χ1) is 13.2. The highest BCUT2D eigenvalue weighted by Gasteiger charge is 2.26. The number of para-hydroxylation sites is 1. The van der Waals surface area contributed by atoms with E-state index in [4.69, 9.17) is 16.3 Å². The molecule has 2 rings (SSSR count). The van der Waals surface area contributed by atoms with E-state index in [1.165, 1.54) is 6.20 Å². The Hall–Kier alpha value is -2.72. The van der Waals surface area contributed by atoms with Crippen LogP contribution in [0.15, 0.2) is 36.0 Å². The van der Waals surface area contributed by atoms with Crippen LogP contribution in [0.2, 0.25) is 5.02 Å². The van der Waals surface area contributed by atoms with Gasteiger partial charge in [-0.05, 0) is 45.7 Å². The second-order valence-corrected chi connectivity index (χ2v) is 7.92. The Bertz CT molecular complexity index is 787. The van der Waals surface area contributed by atoms with Crippen LogP contribution in [0.1, 0.15) is 33.6 Å². The quantitative estimate of drug-likeness (QED) is 0.589. The van der Waals surface area contributed by atoms with Crippen molar-refractivity contribution in [2.45, 2.75) is 45.3 Å². The zero-order valence-electron chi connectivity index (χ0n) is 16.3. The van der Waals surface area contributed by atoms with Crippen LogP contribution < -0.4 is 10.6 Å². The number of nitriles is 1. The summed E-state index contributed by atoms with van der Waals surface area (Å²) in [5.41, 5.74) is -0.124. The first-order valence-electron chi connectivity index (χ1n) is 9.10. The van der Waals surface area contributed by atoms with E-state index in [0.717, 1.165) is 0 Å². The number of piperidine rings is 1. The topological polar surface area (TPSA) is 94.5 Å². The number of hydrogen-bond donors (Lipinski definition) is 2. The molecule has 2 amide bonds. The monoisotopic (exact) mass is 404 g/mol. The summed E-state index contributed by atoms with van der Waals surface area (Å²) in [6, 6.07) is 8.77. The Kier molecular flexibility index (Phi) is 7.30. The molecular formula is C20H25ClN4O3. The number of nitrogens with one attached hydrogen (secondary N) is 2. The number of carbonyl (C=O) groups is 2. The van der Waals surface area contributed by atoms with Gasteiger partial charge in [-0.2, -0.15) is 5.26 Å². The fraction of sp³-hybridized carbons (Fsp3) is 0.450. The lowest BCUT2D eigenvalue weighted by Crippen LogP contribution is -2.45. The molecule has 0 aromatic heterocycles. The van der Waals surface area contributed by atoms with Crippen LogP contribution in [-0.4, -0.2) is 41.6 Å². The molecule has 0 spiro atoms. The van der Waals surface area contributed by atoms with Crippen molar-refractivity contribution in [3.8, 4) is 6.07 Å². The van der Waals surface area contributed by atoms with Gasteiger partial charge in [0.05, 0.1) is 10.7 Å². The number of likely N-dealkylation sites (tertiary alicyclic amines) is 1. The summed E-state index contributed by atoms with van der Waals surface area (Å²) in [5.74, 6) is -0.533. The van der Waals surface area contributed by atoms with Crippen molar-refractivity contribution in [2.24, 2.45) is 0 Å². The van der Waals surface area contributed by atoms with Crippen LogP contribution in [0.3, 0.4) is 0 Å². The van der Waals surface area contributed by atoms with Crippen LogP contribution in [0, 0.1) is 11.3 Å². The Balaban J connectivity index is 1.87. The maximum absolute atomic E-state index is 12.3. The lowest BCUT2D eigenvalue weighted by atomic mass is 10.1. The van der Waals surface area contributed by atoms with Crippen LogP contribution in [-0.2, 0) is 9.53 Å². The minimum atomic E-state index is -0.533. The molecule has 8 heteroatoms. The van der Waals surface area contributed by atoms with Crippen LogP contribution in [0.25, 0.3) is 0 Å². The maximum atomic E-state index is 12.3. The average Bonchev–Trinajstić information content (AvgIpc) is 2.63. The Labute approximate surface area is 170 Å². The van der Waals surface area contributed by atoms with Gasteiger partial charge in [-0.15, -0.1) is 0 Å². The molecule has 1 aromatic carbocycles. The third-order valence-corrected chi connectivity index (χ3v) is 4.43. The third kappa shape index (κ3) is 6.46. The summed E-state index contributed by atoms with van der Waals surface area (Å²) in [5, 5.41) is 15.4. The van der Waals surface area contributed by atoms with E-state index >= 15 is 0 Å². The largest absolute Gasteiger partial charge is 0.444 e. The fourth-order valence-electron chi connectivity index (χ4n) is 2.66. The van der Waals surface area contributed by atoms with E-state index in [1.807, 2.05) is 26.8 Å². The number of ether oxygens (including phenoxy) is 1. The summed E-state index contributed by atoms with van der Waals surface area (Å²) in [6.07, 6.45) is 2.49. The smallest absolute Gasteiger partial charge is 0.410 e. The zero-order chi connectivity index (χ0) is 20.7. The molecule has 0 atom stereocenters. The van der Waals surface area contributed by atoms with Gasteiger partial charge in [0, 0.05) is 25.3 Å². The molecule has 0 saturated carbocycles. The summed E-state index contributed by atoms with van der Waals surface area (Å²) in [7, 11) is 0. The lowest BCUT2D eigenvalue weighted by molar-refractivity contribution is -0.112. The van der Waals surface area contributed by atoms with E-state index in [-0.39, 0.29) is 17.7 Å². The number of amides is 2. The highest BCUT2D eigenvalue weighted by molar-refractivity contribution is 6.33. The highest BCUT2D eigenvalue weighted by atomic mass is 35.5. The molecule has 1 aliphatic rings. The molecule has 7 nitrogen and oxygen atoms in total. The van der Waals surface area contributed by atoms with Gasteiger partial charge < -0.3 is 20.3 Å². The number of rotatable bonds is 4. The minimum absolute atomic E-state index is 0.0468. The van der Waals surface area contributed by atoms with Gasteiger partial charge in [-0.25, -0.2) is 4.79 Å². The van der Waals surface area contributed by atoms with Crippen molar-refractivity contribution in [3.05, 3.63) is 41.1 Å². The molecule has 1 saturated heterocycles. The SMILES string of the molecule is CC(C)(C)OC(=O)N1CCC(N/C=C(/C#N)C(=O)Nc2ccccc2Cl)CC1. The van der Waals surface area contributed by atoms with Gasteiger partial charge in [0.25, 0.3) is 5.91 Å². The van der Waals surface area contributed by atoms with Crippen molar-refractivity contribution in [2.75, 3.05) is 18.4 Å². The van der Waals surface area contributed by atoms with Crippen molar-refractivity contribution in [1.82, 2.24) is 10.2 Å². The van der Waals surface area contributed by atoms with Gasteiger partial charge in [-0.1, -0.05) is 23.7 Å². The van der Waals surface area contributed by atoms with Gasteiger partial charge in [-0.3, -0.25) is 4.79 Å². The number of halogens is 1. The molecule has 2 N–H and O–H groups in total. The standard InChI is InChI=1S/C20H25ClN4O3/c1-20(2,3)28-19(27)25-10-8-15(9-11-25)23-13-14(12-22)18(26)24-17-7-5-4-6-16(17)21/h4-7,13,15,23H,8-11H2,1-3H3,(H,24,26)/b14-13-. The minimum Gasteiger partial charge on any atom is -0.444 e. The number of hydrogen-bond acceptors (Lipinski definition) is 5. The van der Waals surface area contributed by atoms with E-state index in [0.29, 0.717) is 36.6 Å². The third-order valence-electron chi connectivity index (χ3n) is 4.10. The van der Waals surface area contributed by atoms with E-state index in [1.54, 1.807) is 29.2 Å². The number of anilines is 1. The maximum Gasteiger partial charge on any atom is 0.410 e. The molecule has 1 fully saturated rings. The molecule has 28 heavy (non-hydrogen) atoms. The molecule has 150 valence electrons. The van der Waals surface area contributed by atoms with E-state index in [2.05, 4.69) is 10.6 Å². The lowest BCUT2D eigenvalue weighted by Gasteiger charge is -2.33. The molecule has 1 aliphatic heterocycles. The average molecular weight is 405 g/mol. The van der Waals surface area contributed by atoms with Gasteiger partial charge in [0.1, 0.15) is 17.2 Å². The van der Waals surface area contributed by atoms with Crippen molar-refractivity contribution in [1.29, 1.82) is 5.26 Å². The first kappa shape index (κ1) is 21.6. The predicted octanol–water partition coefficient (Wildman–Crippen LogP) is 3.68. The molecule has 0 aliphatic carbocycles. The highest BCUT2D eigenvalue weighted by Crippen LogP contribution is 2.21. The second-order valence-electron chi connectivity index (χ2n) is 7.51. The Morgan fingerprint density at radius 3 is 2.50 bits per heavy atom. The molecule has 1 heterocycles. The van der Waals surface area contributed by atoms with Crippen molar-refractivity contribution < 1.29 is 14.3 Å². The van der Waals surface area contributed by atoms with Crippen LogP contribution >= 0.6 is 11.6 Å². The summed E-state index contributed by atoms with van der Waals surface area (Å²) in [4.78, 5) is 26.0. The van der Waals surface area contributed by atoms with E-state index < -0.39 is 11.5 Å². The van der Waals surface area contributed by atoms with Gasteiger partial charge in [0.15, 0.2) is 0 Å². The van der Waals surface area contributed by atoms with E-state index in [9.17, 15) is 14.9 Å². The zero-order valence-corrected chi connectivity index (χ0v) is 17.0. The summed E-state index contributed by atoms with van der Waals surface area (Å²) in [6.45, 7) is 6.60. The number of carbonyl (C=O) groups excluding carboxylic acids is 2. The normalized spacial score (nSPS) is 15.5. The fourth-order valence-corrected chi connectivity index (χ4v) is 2.84. The molecular weight excluding hydrogens is 380 g/mol. The van der Waals surface area contributed by atoms with Crippen LogP contribution in [0.5, 0.6) is 0 Å². The molecule has 0 bridgehead atoms. The van der Waals surface area contributed by atoms with Crippen LogP contribution in [0.4, 0.5) is 10.5 Å². The second kappa shape index (κ2) is 9.47. The molecule has 0 radical (unpaired) electrons. The predicted molar refractivity (Wildman–Crippen MR) is 108 cm³/mol. The Morgan fingerprint density at radius 1 is 1.29 bits per heavy atom. The van der Waals surface area contributed by atoms with Crippen molar-refractivity contribution >= 4 is 29.3 Å². The summed E-state index contributed by atoms with van der Waals surface area (Å²) >= 11 is 6.02.